The molecule has 3 aliphatic rings. The summed E-state index contributed by atoms with van der Waals surface area (Å²) in [7, 11) is -2.06. The van der Waals surface area contributed by atoms with Gasteiger partial charge in [-0.2, -0.15) is 4.31 Å². The van der Waals surface area contributed by atoms with Crippen LogP contribution in [0.25, 0.3) is 0 Å². The van der Waals surface area contributed by atoms with Crippen LogP contribution in [0.15, 0.2) is 42.5 Å². The standard InChI is InChI=1S/C30H39ClFN5O5S/c1-42-29(39)36-15-13-30(14-16-36,20-7-9-21(31)10-8-20)27(33)28(38)35-26-6-2-5-25(32)24(26)12-11-23-18-34-22-4-3-17-43(40,41)37(23)19-22/h2,5-10,22-23,27,34H,3-4,11-19,33H2,1H3,(H,35,38)/t22-,23+,27-/m1/s1. The summed E-state index contributed by atoms with van der Waals surface area (Å²) in [6.45, 7) is 1.61. The van der Waals surface area contributed by atoms with E-state index >= 15 is 4.39 Å². The maximum atomic E-state index is 15.2. The number of likely N-dealkylation sites (tertiary alicyclic amines) is 1. The molecule has 0 aliphatic carbocycles. The highest BCUT2D eigenvalue weighted by Gasteiger charge is 2.46. The minimum atomic E-state index is -3.38. The van der Waals surface area contributed by atoms with Crippen molar-refractivity contribution in [3.63, 3.8) is 0 Å². The van der Waals surface area contributed by atoms with Gasteiger partial charge in [0.05, 0.1) is 18.9 Å². The van der Waals surface area contributed by atoms with Crippen LogP contribution in [0, 0.1) is 5.82 Å². The average Bonchev–Trinajstić information content (AvgIpc) is 3.12. The first kappa shape index (κ1) is 31.6. The summed E-state index contributed by atoms with van der Waals surface area (Å²) in [5.74, 6) is -0.844. The summed E-state index contributed by atoms with van der Waals surface area (Å²) < 4.78 is 47.5. The number of nitrogens with zero attached hydrogens (tertiary/aromatic N) is 2. The monoisotopic (exact) mass is 635 g/mol. The van der Waals surface area contributed by atoms with Gasteiger partial charge in [0.25, 0.3) is 0 Å². The lowest BCUT2D eigenvalue weighted by Gasteiger charge is -2.44. The highest BCUT2D eigenvalue weighted by atomic mass is 35.5. The third-order valence-electron chi connectivity index (χ3n) is 9.25. The molecule has 10 nitrogen and oxygen atoms in total. The Balaban J connectivity index is 1.35. The van der Waals surface area contributed by atoms with Gasteiger partial charge in [0.2, 0.25) is 15.9 Å². The minimum absolute atomic E-state index is 0.118. The van der Waals surface area contributed by atoms with E-state index in [0.717, 1.165) is 12.0 Å². The molecule has 2 aromatic carbocycles. The van der Waals surface area contributed by atoms with Crippen LogP contribution in [0.4, 0.5) is 14.9 Å². The first-order valence-corrected chi connectivity index (χ1v) is 16.7. The molecule has 5 rings (SSSR count). The van der Waals surface area contributed by atoms with E-state index in [1.54, 1.807) is 27.4 Å². The number of rotatable bonds is 7. The molecule has 43 heavy (non-hydrogen) atoms. The van der Waals surface area contributed by atoms with Crippen molar-refractivity contribution in [2.45, 2.75) is 62.1 Å². The molecule has 0 saturated carbocycles. The van der Waals surface area contributed by atoms with Gasteiger partial charge in [0.15, 0.2) is 0 Å². The number of benzene rings is 2. The second kappa shape index (κ2) is 13.1. The predicted molar refractivity (Wildman–Crippen MR) is 163 cm³/mol. The Hall–Kier alpha value is -2.77. The molecular formula is C30H39ClFN5O5S. The molecule has 2 bridgehead atoms. The summed E-state index contributed by atoms with van der Waals surface area (Å²) >= 11 is 6.14. The van der Waals surface area contributed by atoms with Gasteiger partial charge in [-0.25, -0.2) is 17.6 Å². The van der Waals surface area contributed by atoms with Crippen molar-refractivity contribution < 1.29 is 27.1 Å². The van der Waals surface area contributed by atoms with E-state index in [9.17, 15) is 18.0 Å². The summed E-state index contributed by atoms with van der Waals surface area (Å²) in [6, 6.07) is 10.5. The number of piperazine rings is 1. The highest BCUT2D eigenvalue weighted by molar-refractivity contribution is 7.89. The van der Waals surface area contributed by atoms with Gasteiger partial charge >= 0.3 is 6.09 Å². The number of amides is 2. The maximum Gasteiger partial charge on any atom is 0.409 e. The highest BCUT2D eigenvalue weighted by Crippen LogP contribution is 2.39. The van der Waals surface area contributed by atoms with Gasteiger partial charge < -0.3 is 26.0 Å². The van der Waals surface area contributed by atoms with Gasteiger partial charge in [-0.05, 0) is 68.4 Å². The summed E-state index contributed by atoms with van der Waals surface area (Å²) in [5.41, 5.74) is 7.35. The quantitative estimate of drug-likeness (QED) is 0.425. The number of carbonyl (C=O) groups excluding carboxylic acids is 2. The lowest BCUT2D eigenvalue weighted by molar-refractivity contribution is -0.119. The Morgan fingerprint density at radius 3 is 2.63 bits per heavy atom. The molecule has 234 valence electrons. The first-order valence-electron chi connectivity index (χ1n) is 14.7. The van der Waals surface area contributed by atoms with Crippen molar-refractivity contribution in [2.24, 2.45) is 5.73 Å². The van der Waals surface area contributed by atoms with Crippen LogP contribution in [0.3, 0.4) is 0 Å². The molecule has 2 aromatic rings. The van der Waals surface area contributed by atoms with E-state index in [-0.39, 0.29) is 24.3 Å². The van der Waals surface area contributed by atoms with Crippen LogP contribution < -0.4 is 16.4 Å². The van der Waals surface area contributed by atoms with Gasteiger partial charge in [-0.15, -0.1) is 0 Å². The van der Waals surface area contributed by atoms with Crippen molar-refractivity contribution in [3.05, 3.63) is 64.4 Å². The van der Waals surface area contributed by atoms with Crippen LogP contribution in [-0.4, -0.2) is 86.8 Å². The molecule has 3 saturated heterocycles. The Morgan fingerprint density at radius 1 is 1.21 bits per heavy atom. The Kier molecular flexibility index (Phi) is 9.62. The van der Waals surface area contributed by atoms with Crippen LogP contribution in [-0.2, 0) is 31.4 Å². The number of halogens is 2. The lowest BCUT2D eigenvalue weighted by Crippen LogP contribution is -2.58. The van der Waals surface area contributed by atoms with Crippen LogP contribution in [0.1, 0.15) is 43.2 Å². The molecular weight excluding hydrogens is 597 g/mol. The zero-order valence-corrected chi connectivity index (χ0v) is 25.8. The fraction of sp³-hybridized carbons (Fsp3) is 0.533. The van der Waals surface area contributed by atoms with Gasteiger partial charge in [-0.1, -0.05) is 29.8 Å². The van der Waals surface area contributed by atoms with E-state index in [1.165, 1.54) is 19.2 Å². The van der Waals surface area contributed by atoms with Gasteiger partial charge in [-0.3, -0.25) is 4.79 Å². The fourth-order valence-corrected chi connectivity index (χ4v) is 8.66. The van der Waals surface area contributed by atoms with E-state index in [1.807, 2.05) is 12.1 Å². The van der Waals surface area contributed by atoms with Crippen molar-refractivity contribution >= 4 is 39.3 Å². The molecule has 0 radical (unpaired) electrons. The average molecular weight is 636 g/mol. The molecule has 3 fully saturated rings. The number of methoxy groups -OCH3 is 1. The van der Waals surface area contributed by atoms with E-state index in [0.29, 0.717) is 68.1 Å². The van der Waals surface area contributed by atoms with Gasteiger partial charge in [0.1, 0.15) is 5.82 Å². The van der Waals surface area contributed by atoms with Crippen molar-refractivity contribution in [2.75, 3.05) is 44.4 Å². The smallest absolute Gasteiger partial charge is 0.409 e. The fourth-order valence-electron chi connectivity index (χ4n) is 6.73. The molecule has 0 spiro atoms. The van der Waals surface area contributed by atoms with Crippen molar-refractivity contribution in [3.8, 4) is 0 Å². The van der Waals surface area contributed by atoms with Crippen LogP contribution >= 0.6 is 11.6 Å². The number of carbonyl (C=O) groups is 2. The summed E-state index contributed by atoms with van der Waals surface area (Å²) in [5, 5.41) is 6.86. The van der Waals surface area contributed by atoms with Crippen molar-refractivity contribution in [1.82, 2.24) is 14.5 Å². The number of sulfonamides is 1. The van der Waals surface area contributed by atoms with Crippen LogP contribution in [0.5, 0.6) is 0 Å². The van der Waals surface area contributed by atoms with Crippen molar-refractivity contribution in [1.29, 1.82) is 0 Å². The SMILES string of the molecule is COC(=O)N1CCC(c2ccc(Cl)cc2)([C@H](N)C(=O)Nc2cccc(F)c2CC[C@H]2CN[C@@H]3CCCS(=O)(=O)N2C3)CC1. The molecule has 1 unspecified atom stereocenters. The number of ether oxygens (including phenoxy) is 1. The number of nitrogens with two attached hydrogens (primary N) is 1. The van der Waals surface area contributed by atoms with E-state index < -0.39 is 39.3 Å². The lowest BCUT2D eigenvalue weighted by atomic mass is 9.67. The van der Waals surface area contributed by atoms with Crippen LogP contribution in [0.2, 0.25) is 5.02 Å². The molecule has 0 aromatic heterocycles. The second-order valence-electron chi connectivity index (χ2n) is 11.7. The zero-order chi connectivity index (χ0) is 30.8. The number of anilines is 1. The van der Waals surface area contributed by atoms with E-state index in [4.69, 9.17) is 22.1 Å². The third kappa shape index (κ3) is 6.68. The predicted octanol–water partition coefficient (Wildman–Crippen LogP) is 3.24. The molecule has 4 atom stereocenters. The molecule has 3 heterocycles. The number of fused-ring (bicyclic) bond motifs is 2. The molecule has 4 N–H and O–H groups in total. The minimum Gasteiger partial charge on any atom is -0.453 e. The number of piperidine rings is 1. The van der Waals surface area contributed by atoms with E-state index in [2.05, 4.69) is 10.6 Å². The molecule has 13 heteroatoms. The van der Waals surface area contributed by atoms with Gasteiger partial charge in [0, 0.05) is 60.0 Å². The number of hydrogen-bond donors (Lipinski definition) is 3. The Labute approximate surface area is 257 Å². The Morgan fingerprint density at radius 2 is 1.93 bits per heavy atom. The second-order valence-corrected chi connectivity index (χ2v) is 14.2. The third-order valence-corrected chi connectivity index (χ3v) is 11.5. The number of hydrogen-bond acceptors (Lipinski definition) is 7. The zero-order valence-electron chi connectivity index (χ0n) is 24.2. The summed E-state index contributed by atoms with van der Waals surface area (Å²) in [4.78, 5) is 27.5. The first-order chi connectivity index (χ1) is 20.5. The molecule has 2 amide bonds. The normalized spacial score (nSPS) is 25.3. The molecule has 3 aliphatic heterocycles. The topological polar surface area (TPSA) is 134 Å². The summed E-state index contributed by atoms with van der Waals surface area (Å²) in [6.07, 6.45) is 2.44. The Bertz CT molecular complexity index is 1430. The number of nitrogens with one attached hydrogen (secondary N) is 2. The largest absolute Gasteiger partial charge is 0.453 e. The maximum absolute atomic E-state index is 15.2.